The Morgan fingerprint density at radius 3 is 2.86 bits per heavy atom. The molecule has 1 aliphatic heterocycles. The number of fused-ring (bicyclic) bond motifs is 1. The lowest BCUT2D eigenvalue weighted by Crippen LogP contribution is -2.32. The molecule has 4 nitrogen and oxygen atoms in total. The van der Waals surface area contributed by atoms with Crippen LogP contribution < -0.4 is 4.74 Å². The first-order valence-corrected chi connectivity index (χ1v) is 7.43. The predicted octanol–water partition coefficient (Wildman–Crippen LogP) is 3.19. The first-order valence-electron chi connectivity index (χ1n) is 6.63. The average molecular weight is 348 g/mol. The summed E-state index contributed by atoms with van der Waals surface area (Å²) >= 11 is 3.27. The van der Waals surface area contributed by atoms with Crippen molar-refractivity contribution in [3.8, 4) is 11.5 Å². The highest BCUT2D eigenvalue weighted by molar-refractivity contribution is 9.10. The van der Waals surface area contributed by atoms with Crippen LogP contribution in [0.3, 0.4) is 0 Å². The van der Waals surface area contributed by atoms with Gasteiger partial charge in [-0.3, -0.25) is 4.79 Å². The second-order valence-corrected chi connectivity index (χ2v) is 5.76. The maximum Gasteiger partial charge on any atom is 0.258 e. The Kier molecular flexibility index (Phi) is 3.84. The van der Waals surface area contributed by atoms with E-state index in [9.17, 15) is 9.90 Å². The number of carbonyl (C=O) groups excluding carboxylic acids is 1. The molecule has 0 aliphatic carbocycles. The highest BCUT2D eigenvalue weighted by Crippen LogP contribution is 2.27. The zero-order valence-electron chi connectivity index (χ0n) is 11.3. The molecular formula is C16H14BrNO3. The van der Waals surface area contributed by atoms with Crippen LogP contribution in [0.15, 0.2) is 46.9 Å². The van der Waals surface area contributed by atoms with Crippen molar-refractivity contribution < 1.29 is 14.6 Å². The number of aromatic hydroxyl groups is 1. The van der Waals surface area contributed by atoms with Gasteiger partial charge < -0.3 is 14.7 Å². The number of halogens is 1. The molecule has 1 aliphatic rings. The van der Waals surface area contributed by atoms with Crippen LogP contribution in [0.2, 0.25) is 0 Å². The molecule has 3 rings (SSSR count). The summed E-state index contributed by atoms with van der Waals surface area (Å²) in [6.45, 7) is 1.41. The molecule has 0 saturated heterocycles. The van der Waals surface area contributed by atoms with Crippen LogP contribution in [0, 0.1) is 0 Å². The molecule has 2 aromatic rings. The molecule has 0 atom stereocenters. The fraction of sp³-hybridized carbons (Fsp3) is 0.188. The molecular weight excluding hydrogens is 334 g/mol. The lowest BCUT2D eigenvalue weighted by atomic mass is 10.1. The summed E-state index contributed by atoms with van der Waals surface area (Å²) in [4.78, 5) is 14.3. The lowest BCUT2D eigenvalue weighted by Gasteiger charge is -2.20. The zero-order valence-corrected chi connectivity index (χ0v) is 12.8. The Morgan fingerprint density at radius 1 is 1.24 bits per heavy atom. The molecule has 108 valence electrons. The van der Waals surface area contributed by atoms with Crippen LogP contribution in [0.4, 0.5) is 0 Å². The number of carbonyl (C=O) groups is 1. The topological polar surface area (TPSA) is 49.8 Å². The summed E-state index contributed by atoms with van der Waals surface area (Å²) in [5, 5.41) is 9.95. The molecule has 1 amide bonds. The molecule has 0 saturated carbocycles. The number of amides is 1. The molecule has 0 aromatic heterocycles. The highest BCUT2D eigenvalue weighted by atomic mass is 79.9. The molecule has 1 heterocycles. The summed E-state index contributed by atoms with van der Waals surface area (Å²) in [6, 6.07) is 12.6. The van der Waals surface area contributed by atoms with E-state index in [1.54, 1.807) is 17.0 Å². The molecule has 0 unspecified atom stereocenters. The summed E-state index contributed by atoms with van der Waals surface area (Å²) in [5.41, 5.74) is 1.28. The Bertz CT molecular complexity index is 687. The van der Waals surface area contributed by atoms with Gasteiger partial charge >= 0.3 is 0 Å². The Hall–Kier alpha value is -2.01. The van der Waals surface area contributed by atoms with Gasteiger partial charge in [0.1, 0.15) is 18.1 Å². The number of hydrogen-bond acceptors (Lipinski definition) is 3. The number of nitrogens with zero attached hydrogens (tertiary/aromatic N) is 1. The summed E-state index contributed by atoms with van der Waals surface area (Å²) in [5.74, 6) is 0.598. The number of phenols is 1. The van der Waals surface area contributed by atoms with E-state index >= 15 is 0 Å². The minimum atomic E-state index is -0.194. The van der Waals surface area contributed by atoms with Crippen LogP contribution in [-0.2, 0) is 6.54 Å². The van der Waals surface area contributed by atoms with Crippen LogP contribution >= 0.6 is 15.9 Å². The third-order valence-corrected chi connectivity index (χ3v) is 3.92. The van der Waals surface area contributed by atoms with Gasteiger partial charge in [-0.25, -0.2) is 0 Å². The van der Waals surface area contributed by atoms with Crippen molar-refractivity contribution in [1.29, 1.82) is 0 Å². The molecule has 5 heteroatoms. The molecule has 21 heavy (non-hydrogen) atoms. The SMILES string of the molecule is O=C(c1ccc(Br)cc1O)N1CCOc2ccccc2C1. The van der Waals surface area contributed by atoms with Gasteiger partial charge in [0.15, 0.2) is 0 Å². The Morgan fingerprint density at radius 2 is 2.05 bits per heavy atom. The van der Waals surface area contributed by atoms with Crippen molar-refractivity contribution in [3.05, 3.63) is 58.1 Å². The van der Waals surface area contributed by atoms with Crippen LogP contribution in [-0.4, -0.2) is 29.1 Å². The first-order chi connectivity index (χ1) is 10.1. The van der Waals surface area contributed by atoms with Crippen molar-refractivity contribution in [1.82, 2.24) is 4.90 Å². The van der Waals surface area contributed by atoms with Gasteiger partial charge in [-0.05, 0) is 24.3 Å². The van der Waals surface area contributed by atoms with E-state index in [1.807, 2.05) is 24.3 Å². The molecule has 0 fully saturated rings. The van der Waals surface area contributed by atoms with Crippen LogP contribution in [0.1, 0.15) is 15.9 Å². The number of para-hydroxylation sites is 1. The fourth-order valence-electron chi connectivity index (χ4n) is 2.36. The smallest absolute Gasteiger partial charge is 0.258 e. The monoisotopic (exact) mass is 347 g/mol. The Balaban J connectivity index is 1.88. The zero-order chi connectivity index (χ0) is 14.8. The first kappa shape index (κ1) is 13.9. The minimum absolute atomic E-state index is 0.0205. The lowest BCUT2D eigenvalue weighted by molar-refractivity contribution is 0.0730. The van der Waals surface area contributed by atoms with Gasteiger partial charge in [-0.15, -0.1) is 0 Å². The van der Waals surface area contributed by atoms with Gasteiger partial charge in [-0.1, -0.05) is 34.1 Å². The van der Waals surface area contributed by atoms with Gasteiger partial charge in [0.25, 0.3) is 5.91 Å². The van der Waals surface area contributed by atoms with Crippen molar-refractivity contribution in [2.24, 2.45) is 0 Å². The van der Waals surface area contributed by atoms with E-state index in [4.69, 9.17) is 4.74 Å². The third-order valence-electron chi connectivity index (χ3n) is 3.43. The maximum atomic E-state index is 12.6. The van der Waals surface area contributed by atoms with Crippen molar-refractivity contribution >= 4 is 21.8 Å². The molecule has 0 bridgehead atoms. The number of benzene rings is 2. The van der Waals surface area contributed by atoms with Gasteiger partial charge in [0.05, 0.1) is 12.1 Å². The number of ether oxygens (including phenoxy) is 1. The second-order valence-electron chi connectivity index (χ2n) is 4.84. The minimum Gasteiger partial charge on any atom is -0.507 e. The van der Waals surface area contributed by atoms with Crippen molar-refractivity contribution in [2.45, 2.75) is 6.54 Å². The average Bonchev–Trinajstić information content (AvgIpc) is 2.68. The summed E-state index contributed by atoms with van der Waals surface area (Å²) < 4.78 is 6.39. The van der Waals surface area contributed by atoms with Crippen LogP contribution in [0.25, 0.3) is 0 Å². The normalized spacial score (nSPS) is 14.0. The van der Waals surface area contributed by atoms with E-state index in [1.165, 1.54) is 6.07 Å². The van der Waals surface area contributed by atoms with Crippen molar-refractivity contribution in [2.75, 3.05) is 13.2 Å². The summed E-state index contributed by atoms with van der Waals surface area (Å²) in [7, 11) is 0. The van der Waals surface area contributed by atoms with Gasteiger partial charge in [0, 0.05) is 16.6 Å². The van der Waals surface area contributed by atoms with Crippen molar-refractivity contribution in [3.63, 3.8) is 0 Å². The summed E-state index contributed by atoms with van der Waals surface area (Å²) in [6.07, 6.45) is 0. The second kappa shape index (κ2) is 5.77. The van der Waals surface area contributed by atoms with E-state index in [2.05, 4.69) is 15.9 Å². The Labute approximate surface area is 131 Å². The fourth-order valence-corrected chi connectivity index (χ4v) is 2.70. The standard InChI is InChI=1S/C16H14BrNO3/c17-12-5-6-13(14(19)9-12)16(20)18-7-8-21-15-4-2-1-3-11(15)10-18/h1-6,9,19H,7-8,10H2. The van der Waals surface area contributed by atoms with E-state index in [0.717, 1.165) is 15.8 Å². The van der Waals surface area contributed by atoms with Gasteiger partial charge in [0.2, 0.25) is 0 Å². The number of hydrogen-bond donors (Lipinski definition) is 1. The number of phenolic OH excluding ortho intramolecular Hbond substituents is 1. The largest absolute Gasteiger partial charge is 0.507 e. The van der Waals surface area contributed by atoms with Gasteiger partial charge in [-0.2, -0.15) is 0 Å². The quantitative estimate of drug-likeness (QED) is 0.861. The predicted molar refractivity (Wildman–Crippen MR) is 82.5 cm³/mol. The maximum absolute atomic E-state index is 12.6. The van der Waals surface area contributed by atoms with E-state index in [-0.39, 0.29) is 11.7 Å². The van der Waals surface area contributed by atoms with E-state index in [0.29, 0.717) is 25.3 Å². The third kappa shape index (κ3) is 2.88. The van der Waals surface area contributed by atoms with Crippen LogP contribution in [0.5, 0.6) is 11.5 Å². The number of rotatable bonds is 1. The van der Waals surface area contributed by atoms with E-state index < -0.39 is 0 Å². The molecule has 0 spiro atoms. The molecule has 1 N–H and O–H groups in total. The molecule has 0 radical (unpaired) electrons. The molecule has 2 aromatic carbocycles. The highest BCUT2D eigenvalue weighted by Gasteiger charge is 2.22.